The van der Waals surface area contributed by atoms with E-state index in [0.29, 0.717) is 0 Å². The van der Waals surface area contributed by atoms with Crippen LogP contribution in [-0.2, 0) is 10.2 Å². The molecule has 1 heterocycles. The summed E-state index contributed by atoms with van der Waals surface area (Å²) in [5.41, 5.74) is 9.03. The summed E-state index contributed by atoms with van der Waals surface area (Å²) in [4.78, 5) is 2.38. The molecule has 1 saturated heterocycles. The molecule has 0 radical (unpaired) electrons. The van der Waals surface area contributed by atoms with Gasteiger partial charge in [0.1, 0.15) is 0 Å². The number of hydrogen-bond donors (Lipinski definition) is 1. The Morgan fingerprint density at radius 2 is 2.00 bits per heavy atom. The molecule has 0 spiro atoms. The van der Waals surface area contributed by atoms with E-state index in [1.807, 2.05) is 0 Å². The Morgan fingerprint density at radius 3 is 2.53 bits per heavy atom. The van der Waals surface area contributed by atoms with E-state index in [1.54, 1.807) is 0 Å². The second kappa shape index (κ2) is 5.08. The topological polar surface area (TPSA) is 38.5 Å². The highest BCUT2D eigenvalue weighted by Crippen LogP contribution is 2.51. The van der Waals surface area contributed by atoms with E-state index in [-0.39, 0.29) is 11.5 Å². The van der Waals surface area contributed by atoms with Crippen molar-refractivity contribution in [3.8, 4) is 0 Å². The smallest absolute Gasteiger partial charge is 0.0642 e. The van der Waals surface area contributed by atoms with Crippen molar-refractivity contribution in [1.82, 2.24) is 0 Å². The highest BCUT2D eigenvalue weighted by Gasteiger charge is 2.47. The van der Waals surface area contributed by atoms with Crippen molar-refractivity contribution in [1.29, 1.82) is 0 Å². The molecule has 1 aromatic carbocycles. The number of hydrogen-bond acceptors (Lipinski definition) is 3. The molecule has 1 atom stereocenters. The number of ether oxygens (including phenoxy) is 1. The van der Waals surface area contributed by atoms with Gasteiger partial charge in [0, 0.05) is 29.0 Å². The molecule has 4 heteroatoms. The average molecular weight is 325 g/mol. The Bertz CT molecular complexity index is 465. The number of rotatable bonds is 3. The van der Waals surface area contributed by atoms with Crippen LogP contribution in [-0.4, -0.2) is 32.3 Å². The van der Waals surface area contributed by atoms with Crippen molar-refractivity contribution in [3.63, 3.8) is 0 Å². The van der Waals surface area contributed by atoms with Gasteiger partial charge in [-0.15, -0.1) is 0 Å². The largest absolute Gasteiger partial charge is 0.378 e. The van der Waals surface area contributed by atoms with E-state index >= 15 is 0 Å². The van der Waals surface area contributed by atoms with Crippen LogP contribution in [0.15, 0.2) is 22.7 Å². The van der Waals surface area contributed by atoms with Gasteiger partial charge < -0.3 is 15.4 Å². The molecular formula is C15H21BrN2O. The van der Waals surface area contributed by atoms with Crippen molar-refractivity contribution in [2.24, 2.45) is 5.73 Å². The third-order valence-electron chi connectivity index (χ3n) is 4.53. The third kappa shape index (κ3) is 2.41. The number of benzene rings is 1. The Balaban J connectivity index is 1.86. The first-order chi connectivity index (χ1) is 9.13. The molecule has 0 amide bonds. The molecule has 1 saturated carbocycles. The lowest BCUT2D eigenvalue weighted by atomic mass is 9.89. The first-order valence-corrected chi connectivity index (χ1v) is 7.81. The maximum absolute atomic E-state index is 6.15. The Kier molecular flexibility index (Phi) is 3.58. The summed E-state index contributed by atoms with van der Waals surface area (Å²) in [6, 6.07) is 6.98. The quantitative estimate of drug-likeness (QED) is 0.929. The van der Waals surface area contributed by atoms with Crippen molar-refractivity contribution in [2.45, 2.75) is 31.2 Å². The summed E-state index contributed by atoms with van der Waals surface area (Å²) in [7, 11) is 0. The van der Waals surface area contributed by atoms with Crippen LogP contribution >= 0.6 is 15.9 Å². The minimum absolute atomic E-state index is 0.228. The van der Waals surface area contributed by atoms with Crippen LogP contribution < -0.4 is 10.6 Å². The van der Waals surface area contributed by atoms with Gasteiger partial charge in [-0.1, -0.05) is 6.07 Å². The molecule has 19 heavy (non-hydrogen) atoms. The van der Waals surface area contributed by atoms with E-state index in [2.05, 4.69) is 46.0 Å². The summed E-state index contributed by atoms with van der Waals surface area (Å²) < 4.78 is 6.59. The molecule has 0 bridgehead atoms. The van der Waals surface area contributed by atoms with Crippen LogP contribution in [0.25, 0.3) is 0 Å². The fourth-order valence-electron chi connectivity index (χ4n) is 3.02. The maximum atomic E-state index is 6.15. The average Bonchev–Trinajstić information content (AvgIpc) is 3.21. The third-order valence-corrected chi connectivity index (χ3v) is 5.17. The van der Waals surface area contributed by atoms with Crippen molar-refractivity contribution >= 4 is 21.6 Å². The van der Waals surface area contributed by atoms with Crippen LogP contribution in [0, 0.1) is 0 Å². The van der Waals surface area contributed by atoms with Gasteiger partial charge in [0.15, 0.2) is 0 Å². The second-order valence-corrected chi connectivity index (χ2v) is 6.56. The van der Waals surface area contributed by atoms with Crippen LogP contribution in [0.4, 0.5) is 5.69 Å². The van der Waals surface area contributed by atoms with Crippen LogP contribution in [0.5, 0.6) is 0 Å². The summed E-state index contributed by atoms with van der Waals surface area (Å²) in [5.74, 6) is 0. The Labute approximate surface area is 123 Å². The van der Waals surface area contributed by atoms with E-state index in [1.165, 1.54) is 28.6 Å². The summed E-state index contributed by atoms with van der Waals surface area (Å²) in [5, 5.41) is 0. The summed E-state index contributed by atoms with van der Waals surface area (Å²) >= 11 is 3.73. The lowest BCUT2D eigenvalue weighted by Gasteiger charge is -2.30. The second-order valence-electron chi connectivity index (χ2n) is 5.71. The summed E-state index contributed by atoms with van der Waals surface area (Å²) in [6.07, 6.45) is 2.43. The van der Waals surface area contributed by atoms with Crippen molar-refractivity contribution in [2.75, 3.05) is 31.2 Å². The molecule has 2 N–H and O–H groups in total. The SMILES string of the molecule is CC(N)C1(c2ccc(N3CCOCC3)c(Br)c2)CC1. The number of nitrogens with zero attached hydrogens (tertiary/aromatic N) is 1. The zero-order valence-electron chi connectivity index (χ0n) is 11.4. The van der Waals surface area contributed by atoms with Gasteiger partial charge in [-0.2, -0.15) is 0 Å². The molecule has 1 unspecified atom stereocenters. The minimum atomic E-state index is 0.228. The standard InChI is InChI=1S/C15H21BrN2O/c1-11(17)15(4-5-15)12-2-3-14(13(16)10-12)18-6-8-19-9-7-18/h2-3,10-11H,4-9,17H2,1H3. The molecule has 0 aromatic heterocycles. The van der Waals surface area contributed by atoms with Gasteiger partial charge in [-0.25, -0.2) is 0 Å². The Hall–Kier alpha value is -0.580. The number of nitrogens with two attached hydrogens (primary N) is 1. The lowest BCUT2D eigenvalue weighted by Crippen LogP contribution is -2.36. The molecule has 1 aliphatic heterocycles. The molecule has 1 aliphatic carbocycles. The van der Waals surface area contributed by atoms with Crippen LogP contribution in [0.1, 0.15) is 25.3 Å². The molecule has 1 aromatic rings. The Morgan fingerprint density at radius 1 is 1.32 bits per heavy atom. The highest BCUT2D eigenvalue weighted by atomic mass is 79.9. The number of halogens is 1. The van der Waals surface area contributed by atoms with Crippen LogP contribution in [0.2, 0.25) is 0 Å². The van der Waals surface area contributed by atoms with E-state index in [0.717, 1.165) is 26.3 Å². The molecule has 2 fully saturated rings. The zero-order valence-corrected chi connectivity index (χ0v) is 12.9. The lowest BCUT2D eigenvalue weighted by molar-refractivity contribution is 0.122. The van der Waals surface area contributed by atoms with Gasteiger partial charge in [-0.05, 0) is 53.4 Å². The van der Waals surface area contributed by atoms with E-state index in [9.17, 15) is 0 Å². The van der Waals surface area contributed by atoms with Crippen molar-refractivity contribution in [3.05, 3.63) is 28.2 Å². The predicted molar refractivity (Wildman–Crippen MR) is 81.7 cm³/mol. The molecule has 3 rings (SSSR count). The van der Waals surface area contributed by atoms with E-state index in [4.69, 9.17) is 10.5 Å². The first kappa shape index (κ1) is 13.4. The van der Waals surface area contributed by atoms with Gasteiger partial charge in [0.2, 0.25) is 0 Å². The van der Waals surface area contributed by atoms with Crippen LogP contribution in [0.3, 0.4) is 0 Å². The van der Waals surface area contributed by atoms with Gasteiger partial charge in [0.05, 0.1) is 18.9 Å². The number of anilines is 1. The maximum Gasteiger partial charge on any atom is 0.0642 e. The molecular weight excluding hydrogens is 304 g/mol. The van der Waals surface area contributed by atoms with Gasteiger partial charge in [-0.3, -0.25) is 0 Å². The van der Waals surface area contributed by atoms with E-state index < -0.39 is 0 Å². The monoisotopic (exact) mass is 324 g/mol. The molecule has 104 valence electrons. The van der Waals surface area contributed by atoms with Gasteiger partial charge >= 0.3 is 0 Å². The summed E-state index contributed by atoms with van der Waals surface area (Å²) in [6.45, 7) is 5.69. The first-order valence-electron chi connectivity index (χ1n) is 7.02. The fraction of sp³-hybridized carbons (Fsp3) is 0.600. The minimum Gasteiger partial charge on any atom is -0.378 e. The fourth-order valence-corrected chi connectivity index (χ4v) is 3.65. The zero-order chi connectivity index (χ0) is 13.5. The normalized spacial score (nSPS) is 23.2. The van der Waals surface area contributed by atoms with Gasteiger partial charge in [0.25, 0.3) is 0 Å². The number of morpholine rings is 1. The molecule has 2 aliphatic rings. The predicted octanol–water partition coefficient (Wildman–Crippen LogP) is 2.66. The highest BCUT2D eigenvalue weighted by molar-refractivity contribution is 9.10. The molecule has 3 nitrogen and oxygen atoms in total. The van der Waals surface area contributed by atoms with Crippen molar-refractivity contribution < 1.29 is 4.74 Å².